The van der Waals surface area contributed by atoms with E-state index in [4.69, 9.17) is 0 Å². The van der Waals surface area contributed by atoms with Gasteiger partial charge in [-0.2, -0.15) is 0 Å². The molecule has 0 atom stereocenters. The van der Waals surface area contributed by atoms with E-state index in [2.05, 4.69) is 27.9 Å². The van der Waals surface area contributed by atoms with Gasteiger partial charge < -0.3 is 10.2 Å². The van der Waals surface area contributed by atoms with E-state index < -0.39 is 0 Å². The average molecular weight is 611 g/mol. The summed E-state index contributed by atoms with van der Waals surface area (Å²) in [6.07, 6.45) is 1.88. The SMILES string of the molecule is CC(=O)Nc1c(I)c([C]=O)c(I)c(N(C)C(C)=O)c1I. The molecule has 0 aliphatic heterocycles. The molecule has 0 heterocycles. The summed E-state index contributed by atoms with van der Waals surface area (Å²) in [5, 5.41) is 2.70. The molecule has 2 amide bonds. The molecule has 1 radical (unpaired) electrons. The van der Waals surface area contributed by atoms with Crippen LogP contribution in [0.2, 0.25) is 0 Å². The van der Waals surface area contributed by atoms with Gasteiger partial charge in [-0.1, -0.05) is 0 Å². The minimum Gasteiger partial charge on any atom is -0.324 e. The lowest BCUT2D eigenvalue weighted by Gasteiger charge is -2.23. The Bertz CT molecular complexity index is 602. The van der Waals surface area contributed by atoms with E-state index in [0.29, 0.717) is 27.6 Å². The van der Waals surface area contributed by atoms with E-state index >= 15 is 0 Å². The van der Waals surface area contributed by atoms with Gasteiger partial charge >= 0.3 is 0 Å². The molecule has 8 heteroatoms. The molecule has 1 rings (SSSR count). The van der Waals surface area contributed by atoms with Gasteiger partial charge in [-0.05, 0) is 67.8 Å². The summed E-state index contributed by atoms with van der Waals surface area (Å²) in [7, 11) is 1.63. The van der Waals surface area contributed by atoms with Crippen molar-refractivity contribution in [2.24, 2.45) is 0 Å². The lowest BCUT2D eigenvalue weighted by Crippen LogP contribution is -2.26. The second kappa shape index (κ2) is 7.33. The van der Waals surface area contributed by atoms with Gasteiger partial charge in [0.2, 0.25) is 18.1 Å². The largest absolute Gasteiger partial charge is 0.324 e. The number of amides is 2. The maximum atomic E-state index is 11.6. The van der Waals surface area contributed by atoms with Crippen LogP contribution in [0.15, 0.2) is 0 Å². The molecule has 0 bridgehead atoms. The predicted octanol–water partition coefficient (Wildman–Crippen LogP) is 2.90. The Morgan fingerprint density at radius 1 is 1.10 bits per heavy atom. The molecule has 0 aromatic heterocycles. The molecular formula is C12H10I3N2O3. The first-order chi connectivity index (χ1) is 9.22. The number of anilines is 2. The zero-order chi connectivity index (χ0) is 15.6. The minimum absolute atomic E-state index is 0.160. The van der Waals surface area contributed by atoms with Gasteiger partial charge in [0.25, 0.3) is 0 Å². The Morgan fingerprint density at radius 2 is 1.65 bits per heavy atom. The third kappa shape index (κ3) is 3.61. The molecule has 0 unspecified atom stereocenters. The third-order valence-corrected chi connectivity index (χ3v) is 5.68. The van der Waals surface area contributed by atoms with Crippen molar-refractivity contribution < 1.29 is 14.4 Å². The predicted molar refractivity (Wildman–Crippen MR) is 103 cm³/mol. The van der Waals surface area contributed by atoms with E-state index in [1.165, 1.54) is 18.7 Å². The first kappa shape index (κ1) is 18.1. The lowest BCUT2D eigenvalue weighted by atomic mass is 10.1. The van der Waals surface area contributed by atoms with Gasteiger partial charge in [-0.25, -0.2) is 0 Å². The van der Waals surface area contributed by atoms with Gasteiger partial charge in [0, 0.05) is 20.9 Å². The molecule has 0 spiro atoms. The highest BCUT2D eigenvalue weighted by atomic mass is 127. The fourth-order valence-electron chi connectivity index (χ4n) is 1.48. The topological polar surface area (TPSA) is 66.5 Å². The first-order valence-corrected chi connectivity index (χ1v) is 8.56. The van der Waals surface area contributed by atoms with Crippen molar-refractivity contribution in [1.29, 1.82) is 0 Å². The van der Waals surface area contributed by atoms with Crippen LogP contribution in [0.5, 0.6) is 0 Å². The Labute approximate surface area is 157 Å². The highest BCUT2D eigenvalue weighted by Gasteiger charge is 2.24. The van der Waals surface area contributed by atoms with Crippen LogP contribution in [0, 0.1) is 10.7 Å². The zero-order valence-electron chi connectivity index (χ0n) is 10.8. The Kier molecular flexibility index (Phi) is 6.63. The van der Waals surface area contributed by atoms with Gasteiger partial charge in [0.1, 0.15) is 0 Å². The van der Waals surface area contributed by atoms with E-state index in [9.17, 15) is 14.4 Å². The molecule has 107 valence electrons. The summed E-state index contributed by atoms with van der Waals surface area (Å²) in [4.78, 5) is 35.6. The summed E-state index contributed by atoms with van der Waals surface area (Å²) < 4.78 is 1.96. The van der Waals surface area contributed by atoms with Gasteiger partial charge in [0.15, 0.2) is 0 Å². The maximum Gasteiger partial charge on any atom is 0.235 e. The smallest absolute Gasteiger partial charge is 0.235 e. The summed E-state index contributed by atoms with van der Waals surface area (Å²) in [5.74, 6) is -0.400. The molecule has 0 saturated heterocycles. The van der Waals surface area contributed by atoms with Gasteiger partial charge in [-0.15, -0.1) is 0 Å². The van der Waals surface area contributed by atoms with Crippen LogP contribution in [0.1, 0.15) is 19.4 Å². The molecule has 0 aliphatic rings. The zero-order valence-corrected chi connectivity index (χ0v) is 17.3. The molecular weight excluding hydrogens is 601 g/mol. The van der Waals surface area contributed by atoms with Gasteiger partial charge in [0.05, 0.1) is 27.6 Å². The number of carbonyl (C=O) groups excluding carboxylic acids is 3. The number of carbonyl (C=O) groups is 2. The standard InChI is InChI=1S/C12H10I3N2O3/c1-5(19)16-11-8(13)7(4-18)9(14)12(10(11)15)17(3)6(2)20/h1-3H3,(H,16,19). The highest BCUT2D eigenvalue weighted by Crippen LogP contribution is 2.39. The summed E-state index contributed by atoms with van der Waals surface area (Å²) in [5.41, 5.74) is 1.47. The molecule has 0 aliphatic carbocycles. The van der Waals surface area contributed by atoms with Crippen molar-refractivity contribution in [1.82, 2.24) is 0 Å². The van der Waals surface area contributed by atoms with E-state index in [1.807, 2.05) is 51.5 Å². The van der Waals surface area contributed by atoms with E-state index in [-0.39, 0.29) is 11.8 Å². The van der Waals surface area contributed by atoms with Crippen molar-refractivity contribution in [3.8, 4) is 0 Å². The number of hydrogen-bond donors (Lipinski definition) is 1. The van der Waals surface area contributed by atoms with Crippen LogP contribution < -0.4 is 10.2 Å². The van der Waals surface area contributed by atoms with Crippen LogP contribution in [0.3, 0.4) is 0 Å². The molecule has 20 heavy (non-hydrogen) atoms. The normalized spacial score (nSPS) is 10.1. The number of rotatable bonds is 3. The number of halogens is 3. The van der Waals surface area contributed by atoms with Crippen molar-refractivity contribution >= 4 is 97.2 Å². The van der Waals surface area contributed by atoms with Crippen LogP contribution in [-0.4, -0.2) is 25.1 Å². The molecule has 1 aromatic rings. The van der Waals surface area contributed by atoms with E-state index in [0.717, 1.165) is 0 Å². The summed E-state index contributed by atoms with van der Waals surface area (Å²) in [6.45, 7) is 2.83. The monoisotopic (exact) mass is 611 g/mol. The molecule has 1 aromatic carbocycles. The Morgan fingerprint density at radius 3 is 2.05 bits per heavy atom. The molecule has 0 fully saturated rings. The highest BCUT2D eigenvalue weighted by molar-refractivity contribution is 14.1. The minimum atomic E-state index is -0.240. The van der Waals surface area contributed by atoms with Crippen LogP contribution in [-0.2, 0) is 14.4 Å². The quantitative estimate of drug-likeness (QED) is 0.536. The number of benzene rings is 1. The number of nitrogens with one attached hydrogen (secondary N) is 1. The fourth-order valence-corrected chi connectivity index (χ4v) is 5.86. The van der Waals surface area contributed by atoms with Crippen molar-refractivity contribution in [3.63, 3.8) is 0 Å². The summed E-state index contributed by atoms with van der Waals surface area (Å²) in [6, 6.07) is 0. The molecule has 1 N–H and O–H groups in total. The third-order valence-electron chi connectivity index (χ3n) is 2.50. The lowest BCUT2D eigenvalue weighted by molar-refractivity contribution is -0.116. The molecule has 5 nitrogen and oxygen atoms in total. The fraction of sp³-hybridized carbons (Fsp3) is 0.250. The second-order valence-electron chi connectivity index (χ2n) is 3.90. The summed E-state index contributed by atoms with van der Waals surface area (Å²) >= 11 is 6.06. The van der Waals surface area contributed by atoms with Crippen molar-refractivity contribution in [3.05, 3.63) is 16.3 Å². The van der Waals surface area contributed by atoms with Crippen LogP contribution in [0.4, 0.5) is 11.4 Å². The number of nitrogens with zero attached hydrogens (tertiary/aromatic N) is 1. The first-order valence-electron chi connectivity index (χ1n) is 5.32. The van der Waals surface area contributed by atoms with E-state index in [1.54, 1.807) is 7.05 Å². The van der Waals surface area contributed by atoms with Gasteiger partial charge in [-0.3, -0.25) is 14.4 Å². The second-order valence-corrected chi connectivity index (χ2v) is 7.14. The van der Waals surface area contributed by atoms with Crippen LogP contribution >= 0.6 is 67.8 Å². The average Bonchev–Trinajstić information content (AvgIpc) is 2.34. The van der Waals surface area contributed by atoms with Crippen molar-refractivity contribution in [2.45, 2.75) is 13.8 Å². The Hall–Kier alpha value is 0.0200. The maximum absolute atomic E-state index is 11.6. The number of hydrogen-bond acceptors (Lipinski definition) is 3. The Balaban J connectivity index is 3.71. The van der Waals surface area contributed by atoms with Crippen molar-refractivity contribution in [2.75, 3.05) is 17.3 Å². The molecule has 0 saturated carbocycles. The van der Waals surface area contributed by atoms with Crippen LogP contribution in [0.25, 0.3) is 0 Å².